The van der Waals surface area contributed by atoms with Gasteiger partial charge in [-0.25, -0.2) is 4.79 Å². The molecule has 2 aliphatic rings. The number of ether oxygens (including phenoxy) is 1. The minimum absolute atomic E-state index is 0.0239. The van der Waals surface area contributed by atoms with Crippen LogP contribution in [0.25, 0.3) is 0 Å². The summed E-state index contributed by atoms with van der Waals surface area (Å²) in [6.45, 7) is 0. The van der Waals surface area contributed by atoms with Crippen LogP contribution in [-0.2, 0) is 16.0 Å². The third-order valence-corrected chi connectivity index (χ3v) is 5.48. The van der Waals surface area contributed by atoms with Gasteiger partial charge in [-0.15, -0.1) is 0 Å². The molecular formula is C21H21NO3. The van der Waals surface area contributed by atoms with E-state index < -0.39 is 0 Å². The molecule has 4 nitrogen and oxygen atoms in total. The van der Waals surface area contributed by atoms with Crippen molar-refractivity contribution >= 4 is 17.4 Å². The number of Topliss-reactive ketones (excluding diaryl/α,β-unsaturated/α-hetero) is 1. The van der Waals surface area contributed by atoms with Gasteiger partial charge in [0.05, 0.1) is 24.1 Å². The Morgan fingerprint density at radius 1 is 1.12 bits per heavy atom. The molecular weight excluding hydrogens is 314 g/mol. The van der Waals surface area contributed by atoms with Gasteiger partial charge >= 0.3 is 5.97 Å². The molecule has 0 bridgehead atoms. The van der Waals surface area contributed by atoms with Crippen LogP contribution in [0.2, 0.25) is 0 Å². The predicted molar refractivity (Wildman–Crippen MR) is 95.6 cm³/mol. The van der Waals surface area contributed by atoms with Gasteiger partial charge in [-0.05, 0) is 48.6 Å². The molecule has 1 heterocycles. The average Bonchev–Trinajstić information content (AvgIpc) is 3.45. The number of hydrogen-bond acceptors (Lipinski definition) is 4. The number of methoxy groups -OCH3 is 1. The molecule has 1 spiro atoms. The topological polar surface area (TPSA) is 55.4 Å². The third-order valence-electron chi connectivity index (χ3n) is 5.48. The Hall–Kier alpha value is -2.62. The number of carbonyl (C=O) groups excluding carboxylic acids is 2. The normalized spacial score (nSPS) is 20.8. The van der Waals surface area contributed by atoms with E-state index in [1.807, 2.05) is 30.3 Å². The van der Waals surface area contributed by atoms with Crippen molar-refractivity contribution in [1.82, 2.24) is 0 Å². The van der Waals surface area contributed by atoms with Gasteiger partial charge in [-0.1, -0.05) is 30.3 Å². The number of fused-ring (bicyclic) bond motifs is 1. The summed E-state index contributed by atoms with van der Waals surface area (Å²) in [7, 11) is 1.38. The summed E-state index contributed by atoms with van der Waals surface area (Å²) in [5.41, 5.74) is 3.37. The Morgan fingerprint density at radius 3 is 2.56 bits per heavy atom. The Morgan fingerprint density at radius 2 is 1.88 bits per heavy atom. The number of hydrogen-bond donors (Lipinski definition) is 1. The van der Waals surface area contributed by atoms with Crippen LogP contribution < -0.4 is 5.32 Å². The molecule has 1 atom stereocenters. The molecule has 1 N–H and O–H groups in total. The van der Waals surface area contributed by atoms with Gasteiger partial charge in [0.2, 0.25) is 0 Å². The number of nitrogens with one attached hydrogen (secondary N) is 1. The van der Waals surface area contributed by atoms with Crippen molar-refractivity contribution in [3.63, 3.8) is 0 Å². The van der Waals surface area contributed by atoms with E-state index in [0.717, 1.165) is 29.7 Å². The number of rotatable bonds is 2. The molecule has 1 aliphatic heterocycles. The first-order valence-corrected chi connectivity index (χ1v) is 8.70. The Labute approximate surface area is 147 Å². The molecule has 25 heavy (non-hydrogen) atoms. The molecule has 1 unspecified atom stereocenters. The minimum Gasteiger partial charge on any atom is -0.465 e. The maximum atomic E-state index is 12.9. The first kappa shape index (κ1) is 15.9. The maximum Gasteiger partial charge on any atom is 0.337 e. The van der Waals surface area contributed by atoms with E-state index in [1.54, 1.807) is 6.07 Å². The van der Waals surface area contributed by atoms with Crippen molar-refractivity contribution in [3.8, 4) is 0 Å². The number of benzene rings is 2. The van der Waals surface area contributed by atoms with Crippen molar-refractivity contribution in [2.45, 2.75) is 31.7 Å². The number of ketones is 1. The van der Waals surface area contributed by atoms with Crippen LogP contribution in [0.5, 0.6) is 0 Å². The average molecular weight is 335 g/mol. The molecule has 4 rings (SSSR count). The van der Waals surface area contributed by atoms with Crippen molar-refractivity contribution in [1.29, 1.82) is 0 Å². The van der Waals surface area contributed by atoms with Gasteiger partial charge in [0.25, 0.3) is 0 Å². The highest BCUT2D eigenvalue weighted by Crippen LogP contribution is 2.58. The van der Waals surface area contributed by atoms with Crippen LogP contribution in [0.4, 0.5) is 5.69 Å². The second kappa shape index (κ2) is 6.03. The zero-order valence-electron chi connectivity index (χ0n) is 14.2. The number of esters is 1. The van der Waals surface area contributed by atoms with Crippen molar-refractivity contribution in [3.05, 3.63) is 65.2 Å². The van der Waals surface area contributed by atoms with Crippen molar-refractivity contribution < 1.29 is 14.3 Å². The summed E-state index contributed by atoms with van der Waals surface area (Å²) in [5.74, 6) is -0.0302. The van der Waals surface area contributed by atoms with Crippen LogP contribution >= 0.6 is 0 Å². The Kier molecular flexibility index (Phi) is 3.83. The lowest BCUT2D eigenvalue weighted by Crippen LogP contribution is -2.32. The standard InChI is InChI=1S/C21H21NO3/c1-25-20(24)16-7-9-17-15(13-16)8-10-18(23)21(11-12-21)19(22-17)14-5-3-2-4-6-14/h2-7,9,13,19,22H,8,10-12H2,1H3. The molecule has 1 aliphatic carbocycles. The lowest BCUT2D eigenvalue weighted by molar-refractivity contribution is -0.124. The summed E-state index contributed by atoms with van der Waals surface area (Å²) >= 11 is 0. The van der Waals surface area contributed by atoms with E-state index in [9.17, 15) is 9.59 Å². The first-order valence-electron chi connectivity index (χ1n) is 8.70. The number of anilines is 1. The lowest BCUT2D eigenvalue weighted by atomic mass is 9.82. The second-order valence-corrected chi connectivity index (χ2v) is 6.93. The predicted octanol–water partition coefficient (Wildman–Crippen LogP) is 3.92. The minimum atomic E-state index is -0.352. The van der Waals surface area contributed by atoms with Crippen LogP contribution in [0, 0.1) is 5.41 Å². The molecule has 1 saturated carbocycles. The molecule has 0 saturated heterocycles. The quantitative estimate of drug-likeness (QED) is 0.845. The Bertz CT molecular complexity index is 824. The summed E-state index contributed by atoms with van der Waals surface area (Å²) in [6.07, 6.45) is 3.04. The van der Waals surface area contributed by atoms with Gasteiger partial charge in [-0.2, -0.15) is 0 Å². The van der Waals surface area contributed by atoms with Gasteiger partial charge in [0, 0.05) is 12.1 Å². The van der Waals surface area contributed by atoms with Crippen LogP contribution in [0.1, 0.15) is 46.8 Å². The molecule has 1 fully saturated rings. The zero-order chi connectivity index (χ0) is 17.4. The molecule has 0 amide bonds. The summed E-state index contributed by atoms with van der Waals surface area (Å²) in [5, 5.41) is 3.61. The van der Waals surface area contributed by atoms with Crippen molar-refractivity contribution in [2.24, 2.45) is 5.41 Å². The molecule has 2 aromatic carbocycles. The zero-order valence-corrected chi connectivity index (χ0v) is 14.2. The molecule has 0 radical (unpaired) electrons. The van der Waals surface area contributed by atoms with Crippen LogP contribution in [0.15, 0.2) is 48.5 Å². The fourth-order valence-corrected chi connectivity index (χ4v) is 3.89. The van der Waals surface area contributed by atoms with E-state index in [1.165, 1.54) is 7.11 Å². The van der Waals surface area contributed by atoms with Gasteiger partial charge in [-0.3, -0.25) is 4.79 Å². The van der Waals surface area contributed by atoms with E-state index in [-0.39, 0.29) is 17.4 Å². The summed E-state index contributed by atoms with van der Waals surface area (Å²) < 4.78 is 4.81. The highest BCUT2D eigenvalue weighted by atomic mass is 16.5. The number of aryl methyl sites for hydroxylation is 1. The highest BCUT2D eigenvalue weighted by Gasteiger charge is 2.55. The van der Waals surface area contributed by atoms with E-state index >= 15 is 0 Å². The van der Waals surface area contributed by atoms with Gasteiger partial charge < -0.3 is 10.1 Å². The highest BCUT2D eigenvalue weighted by molar-refractivity contribution is 5.92. The van der Waals surface area contributed by atoms with Crippen LogP contribution in [0.3, 0.4) is 0 Å². The van der Waals surface area contributed by atoms with E-state index in [2.05, 4.69) is 17.4 Å². The second-order valence-electron chi connectivity index (χ2n) is 6.93. The summed E-state index contributed by atoms with van der Waals surface area (Å²) in [4.78, 5) is 24.7. The molecule has 4 heteroatoms. The SMILES string of the molecule is COC(=O)c1ccc2c(c1)CCC(=O)C1(CC1)C(c1ccccc1)N2. The van der Waals surface area contributed by atoms with E-state index in [4.69, 9.17) is 4.74 Å². The monoisotopic (exact) mass is 335 g/mol. The molecule has 2 aromatic rings. The lowest BCUT2D eigenvalue weighted by Gasteiger charge is -2.32. The summed E-state index contributed by atoms with van der Waals surface area (Å²) in [6, 6.07) is 15.7. The van der Waals surface area contributed by atoms with Gasteiger partial charge in [0.15, 0.2) is 0 Å². The third kappa shape index (κ3) is 2.72. The molecule has 128 valence electrons. The Balaban J connectivity index is 1.76. The fraction of sp³-hybridized carbons (Fsp3) is 0.333. The fourth-order valence-electron chi connectivity index (χ4n) is 3.89. The number of carbonyl (C=O) groups is 2. The van der Waals surface area contributed by atoms with Gasteiger partial charge in [0.1, 0.15) is 5.78 Å². The smallest absolute Gasteiger partial charge is 0.337 e. The van der Waals surface area contributed by atoms with Crippen molar-refractivity contribution in [2.75, 3.05) is 12.4 Å². The van der Waals surface area contributed by atoms with Crippen LogP contribution in [-0.4, -0.2) is 18.9 Å². The largest absolute Gasteiger partial charge is 0.465 e. The first-order chi connectivity index (χ1) is 12.1. The maximum absolute atomic E-state index is 12.9. The van der Waals surface area contributed by atoms with E-state index in [0.29, 0.717) is 24.2 Å². The molecule has 0 aromatic heterocycles.